The van der Waals surface area contributed by atoms with Gasteiger partial charge in [-0.2, -0.15) is 0 Å². The summed E-state index contributed by atoms with van der Waals surface area (Å²) < 4.78 is 7.27. The zero-order chi connectivity index (χ0) is 19.8. The first-order valence-electron chi connectivity index (χ1n) is 10.8. The molecule has 2 aliphatic rings. The smallest absolute Gasteiger partial charge is 0.309 e. The van der Waals surface area contributed by atoms with Crippen LogP contribution in [0.25, 0.3) is 0 Å². The Morgan fingerprint density at radius 2 is 1.97 bits per heavy atom. The number of guanidine groups is 1. The maximum Gasteiger partial charge on any atom is 0.309 e. The molecule has 9 heteroatoms. The molecule has 2 fully saturated rings. The Morgan fingerprint density at radius 1 is 1.24 bits per heavy atom. The van der Waals surface area contributed by atoms with Crippen LogP contribution >= 0.6 is 24.0 Å². The number of rotatable bonds is 7. The third-order valence-electron chi connectivity index (χ3n) is 5.72. The Labute approximate surface area is 190 Å². The number of esters is 1. The van der Waals surface area contributed by atoms with E-state index in [1.165, 1.54) is 25.7 Å². The van der Waals surface area contributed by atoms with Gasteiger partial charge in [-0.1, -0.05) is 19.8 Å². The molecular weight excluding hydrogens is 483 g/mol. The first-order chi connectivity index (χ1) is 13.7. The minimum atomic E-state index is -0.0518. The number of carbonyl (C=O) groups is 1. The van der Waals surface area contributed by atoms with Crippen molar-refractivity contribution in [2.45, 2.75) is 71.4 Å². The number of halogens is 1. The molecule has 0 radical (unpaired) electrons. The highest BCUT2D eigenvalue weighted by Gasteiger charge is 2.28. The molecule has 1 aromatic heterocycles. The van der Waals surface area contributed by atoms with Crippen LogP contribution in [-0.4, -0.2) is 63.9 Å². The maximum absolute atomic E-state index is 12.0. The lowest BCUT2D eigenvalue weighted by Gasteiger charge is -2.34. The van der Waals surface area contributed by atoms with E-state index in [4.69, 9.17) is 9.73 Å². The molecular formula is C20H35IN6O2. The van der Waals surface area contributed by atoms with Gasteiger partial charge in [0.2, 0.25) is 0 Å². The number of aromatic nitrogens is 3. The Hall–Kier alpha value is -1.39. The number of likely N-dealkylation sites (tertiary alicyclic amines) is 1. The van der Waals surface area contributed by atoms with Gasteiger partial charge in [0.05, 0.1) is 19.1 Å². The van der Waals surface area contributed by atoms with Gasteiger partial charge in [-0.3, -0.25) is 9.79 Å². The summed E-state index contributed by atoms with van der Waals surface area (Å²) in [7, 11) is 0. The van der Waals surface area contributed by atoms with Crippen molar-refractivity contribution in [3.05, 3.63) is 12.2 Å². The molecule has 0 bridgehead atoms. The fraction of sp³-hybridized carbons (Fsp3) is 0.800. The number of hydrogen-bond acceptors (Lipinski definition) is 5. The number of piperidine rings is 1. The Bertz CT molecular complexity index is 651. The normalized spacial score (nSPS) is 18.6. The molecule has 164 valence electrons. The van der Waals surface area contributed by atoms with Crippen molar-refractivity contribution < 1.29 is 9.53 Å². The third kappa shape index (κ3) is 6.82. The fourth-order valence-corrected chi connectivity index (χ4v) is 4.08. The van der Waals surface area contributed by atoms with Gasteiger partial charge in [0, 0.05) is 32.1 Å². The first kappa shape index (κ1) is 23.9. The highest BCUT2D eigenvalue weighted by Crippen LogP contribution is 2.21. The van der Waals surface area contributed by atoms with Crippen LogP contribution in [0, 0.1) is 5.92 Å². The maximum atomic E-state index is 12.0. The average molecular weight is 518 g/mol. The summed E-state index contributed by atoms with van der Waals surface area (Å²) in [5.74, 6) is 1.95. The Balaban J connectivity index is 0.00000300. The molecule has 3 rings (SSSR count). The summed E-state index contributed by atoms with van der Waals surface area (Å²) in [6, 6.07) is 0.516. The zero-order valence-electron chi connectivity index (χ0n) is 17.7. The predicted octanol–water partition coefficient (Wildman–Crippen LogP) is 2.62. The average Bonchev–Trinajstić information content (AvgIpc) is 3.39. The summed E-state index contributed by atoms with van der Waals surface area (Å²) >= 11 is 0. The largest absolute Gasteiger partial charge is 0.466 e. The van der Waals surface area contributed by atoms with Crippen LogP contribution < -0.4 is 5.32 Å². The van der Waals surface area contributed by atoms with Crippen LogP contribution in [0.1, 0.15) is 58.2 Å². The molecule has 0 spiro atoms. The van der Waals surface area contributed by atoms with Crippen molar-refractivity contribution in [1.82, 2.24) is 25.0 Å². The molecule has 8 nitrogen and oxygen atoms in total. The second-order valence-corrected chi connectivity index (χ2v) is 7.64. The van der Waals surface area contributed by atoms with E-state index in [9.17, 15) is 4.79 Å². The van der Waals surface area contributed by atoms with E-state index in [0.29, 0.717) is 19.2 Å². The molecule has 29 heavy (non-hydrogen) atoms. The lowest BCUT2D eigenvalue weighted by atomic mass is 9.97. The summed E-state index contributed by atoms with van der Waals surface area (Å²) in [6.45, 7) is 7.57. The first-order valence-corrected chi connectivity index (χ1v) is 10.8. The number of nitrogens with zero attached hydrogens (tertiary/aromatic N) is 5. The molecule has 1 aliphatic heterocycles. The summed E-state index contributed by atoms with van der Waals surface area (Å²) in [6.07, 6.45) is 9.31. The third-order valence-corrected chi connectivity index (χ3v) is 5.72. The van der Waals surface area contributed by atoms with E-state index >= 15 is 0 Å². The molecule has 0 amide bonds. The van der Waals surface area contributed by atoms with Crippen molar-refractivity contribution in [1.29, 1.82) is 0 Å². The van der Waals surface area contributed by atoms with Crippen molar-refractivity contribution in [2.24, 2.45) is 10.9 Å². The van der Waals surface area contributed by atoms with Gasteiger partial charge in [0.25, 0.3) is 0 Å². The molecule has 2 heterocycles. The quantitative estimate of drug-likeness (QED) is 0.259. The van der Waals surface area contributed by atoms with Gasteiger partial charge < -0.3 is 19.5 Å². The molecule has 1 N–H and O–H groups in total. The molecule has 0 aromatic carbocycles. The number of aliphatic imine (C=N–C) groups is 1. The van der Waals surface area contributed by atoms with Crippen molar-refractivity contribution in [2.75, 3.05) is 26.2 Å². The topological polar surface area (TPSA) is 84.6 Å². The minimum Gasteiger partial charge on any atom is -0.466 e. The van der Waals surface area contributed by atoms with Crippen LogP contribution in [0.5, 0.6) is 0 Å². The summed E-state index contributed by atoms with van der Waals surface area (Å²) in [4.78, 5) is 19.2. The van der Waals surface area contributed by atoms with Gasteiger partial charge in [-0.25, -0.2) is 0 Å². The van der Waals surface area contributed by atoms with Crippen LogP contribution in [0.15, 0.2) is 11.3 Å². The van der Waals surface area contributed by atoms with E-state index in [-0.39, 0.29) is 35.9 Å². The molecule has 0 unspecified atom stereocenters. The van der Waals surface area contributed by atoms with Crippen molar-refractivity contribution in [3.8, 4) is 0 Å². The Kier molecular flexibility index (Phi) is 10.2. The van der Waals surface area contributed by atoms with Gasteiger partial charge in [0.15, 0.2) is 5.96 Å². The molecule has 1 aromatic rings. The van der Waals surface area contributed by atoms with E-state index < -0.39 is 0 Å². The van der Waals surface area contributed by atoms with E-state index in [0.717, 1.165) is 50.7 Å². The number of ether oxygens (including phenoxy) is 1. The van der Waals surface area contributed by atoms with Gasteiger partial charge in [-0.05, 0) is 32.6 Å². The highest BCUT2D eigenvalue weighted by atomic mass is 127. The lowest BCUT2D eigenvalue weighted by molar-refractivity contribution is -0.149. The minimum absolute atomic E-state index is 0. The molecule has 1 saturated carbocycles. The van der Waals surface area contributed by atoms with Crippen LogP contribution in [0.2, 0.25) is 0 Å². The van der Waals surface area contributed by atoms with Crippen LogP contribution in [0.4, 0.5) is 0 Å². The number of hydrogen-bond donors (Lipinski definition) is 1. The standard InChI is InChI=1S/C20H34N6O2.HI/c1-3-18-24-22-15-26(18)14-11-21-20(23-17-7-5-6-8-17)25-12-9-16(10-13-25)19(27)28-4-2;/h15-17H,3-14H2,1-2H3,(H,21,23);1H. The molecule has 1 aliphatic carbocycles. The number of carbonyl (C=O) groups excluding carboxylic acids is 1. The zero-order valence-corrected chi connectivity index (χ0v) is 20.0. The number of nitrogens with one attached hydrogen (secondary N) is 1. The van der Waals surface area contributed by atoms with E-state index in [1.54, 1.807) is 6.33 Å². The predicted molar refractivity (Wildman–Crippen MR) is 123 cm³/mol. The van der Waals surface area contributed by atoms with Crippen LogP contribution in [-0.2, 0) is 22.5 Å². The van der Waals surface area contributed by atoms with Crippen molar-refractivity contribution >= 4 is 35.9 Å². The fourth-order valence-electron chi connectivity index (χ4n) is 4.08. The SMILES string of the molecule is CCOC(=O)C1CCN(C(=NCCn2cnnc2CC)NC2CCCC2)CC1.I. The molecule has 0 atom stereocenters. The second kappa shape index (κ2) is 12.3. The number of aryl methyl sites for hydroxylation is 1. The lowest BCUT2D eigenvalue weighted by Crippen LogP contribution is -2.49. The van der Waals surface area contributed by atoms with Gasteiger partial charge in [0.1, 0.15) is 12.2 Å². The second-order valence-electron chi connectivity index (χ2n) is 7.64. The monoisotopic (exact) mass is 518 g/mol. The van der Waals surface area contributed by atoms with E-state index in [2.05, 4.69) is 31.9 Å². The molecule has 1 saturated heterocycles. The van der Waals surface area contributed by atoms with E-state index in [1.807, 2.05) is 6.92 Å². The van der Waals surface area contributed by atoms with Gasteiger partial charge >= 0.3 is 5.97 Å². The summed E-state index contributed by atoms with van der Waals surface area (Å²) in [5, 5.41) is 11.8. The Morgan fingerprint density at radius 3 is 2.62 bits per heavy atom. The van der Waals surface area contributed by atoms with Crippen LogP contribution in [0.3, 0.4) is 0 Å². The van der Waals surface area contributed by atoms with Crippen molar-refractivity contribution in [3.63, 3.8) is 0 Å². The summed E-state index contributed by atoms with van der Waals surface area (Å²) in [5.41, 5.74) is 0. The van der Waals surface area contributed by atoms with Gasteiger partial charge in [-0.15, -0.1) is 34.2 Å². The highest BCUT2D eigenvalue weighted by molar-refractivity contribution is 14.0.